The molecule has 0 aliphatic heterocycles. The predicted molar refractivity (Wildman–Crippen MR) is 74.4 cm³/mol. The Morgan fingerprint density at radius 1 is 1.00 bits per heavy atom. The topological polar surface area (TPSA) is 62.9 Å². The summed E-state index contributed by atoms with van der Waals surface area (Å²) in [6.45, 7) is 0. The molecule has 12 heteroatoms. The molecule has 2 aromatic rings. The summed E-state index contributed by atoms with van der Waals surface area (Å²) in [5.74, 6) is 0. The Morgan fingerprint density at radius 2 is 1.59 bits per heavy atom. The summed E-state index contributed by atoms with van der Waals surface area (Å²) in [6, 6.07) is 0. The zero-order valence-corrected chi connectivity index (χ0v) is 13.0. The fourth-order valence-corrected chi connectivity index (χ4v) is 4.69. The van der Waals surface area contributed by atoms with Gasteiger partial charge in [-0.25, -0.2) is 4.99 Å². The van der Waals surface area contributed by atoms with Gasteiger partial charge in [0.25, 0.3) is 0 Å². The van der Waals surface area contributed by atoms with Crippen molar-refractivity contribution in [2.45, 2.75) is 0 Å². The van der Waals surface area contributed by atoms with Gasteiger partial charge in [-0.3, -0.25) is 0 Å². The molecule has 5 nitrogen and oxygen atoms in total. The number of hydrogen-bond donors (Lipinski definition) is 0. The maximum atomic E-state index is 5.77. The lowest BCUT2D eigenvalue weighted by molar-refractivity contribution is 1.15. The second kappa shape index (κ2) is 6.32. The van der Waals surface area contributed by atoms with Crippen LogP contribution in [0.1, 0.15) is 0 Å². The van der Waals surface area contributed by atoms with Gasteiger partial charge in [0.05, 0.1) is 0 Å². The smallest absolute Gasteiger partial charge is 0.202 e. The Labute approximate surface area is 124 Å². The SMILES string of the molecule is ClC(=N\N=c1\ssnc1Cl)/N=c1/ssnc1Cl. The fourth-order valence-electron chi connectivity index (χ4n) is 0.636. The van der Waals surface area contributed by atoms with E-state index in [0.29, 0.717) is 19.6 Å². The first-order chi connectivity index (χ1) is 8.16. The van der Waals surface area contributed by atoms with E-state index in [-0.39, 0.29) is 5.29 Å². The highest BCUT2D eigenvalue weighted by atomic mass is 35.5. The van der Waals surface area contributed by atoms with E-state index in [4.69, 9.17) is 34.8 Å². The van der Waals surface area contributed by atoms with Crippen molar-refractivity contribution in [1.82, 2.24) is 8.75 Å². The predicted octanol–water partition coefficient (Wildman–Crippen LogP) is 3.04. The third kappa shape index (κ3) is 3.78. The van der Waals surface area contributed by atoms with Crippen molar-refractivity contribution in [3.8, 4) is 0 Å². The van der Waals surface area contributed by atoms with Crippen LogP contribution in [-0.4, -0.2) is 14.0 Å². The molecule has 2 aromatic heterocycles. The first kappa shape index (κ1) is 13.5. The maximum absolute atomic E-state index is 5.77. The Balaban J connectivity index is 2.32. The lowest BCUT2D eigenvalue weighted by Crippen LogP contribution is -1.99. The third-order valence-corrected chi connectivity index (χ3v) is 5.73. The third-order valence-electron chi connectivity index (χ3n) is 1.24. The lowest BCUT2D eigenvalue weighted by atomic mass is 10.9. The van der Waals surface area contributed by atoms with Crippen LogP contribution < -0.4 is 9.34 Å². The van der Waals surface area contributed by atoms with Gasteiger partial charge in [-0.2, -0.15) is 8.75 Å². The Bertz CT molecular complexity index is 663. The minimum atomic E-state index is -0.0437. The molecule has 2 rings (SSSR count). The van der Waals surface area contributed by atoms with E-state index in [0.717, 1.165) is 0 Å². The Hall–Kier alpha value is 0.1000. The van der Waals surface area contributed by atoms with Crippen molar-refractivity contribution in [3.05, 3.63) is 19.6 Å². The molecular weight excluding hydrogens is 365 g/mol. The molecule has 0 fully saturated rings. The lowest BCUT2D eigenvalue weighted by Gasteiger charge is -1.82. The number of hydrogen-bond acceptors (Lipinski definition) is 8. The molecule has 0 spiro atoms. The van der Waals surface area contributed by atoms with Gasteiger partial charge in [0.2, 0.25) is 5.29 Å². The van der Waals surface area contributed by atoms with Crippen LogP contribution in [-0.2, 0) is 0 Å². The number of aromatic nitrogens is 2. The van der Waals surface area contributed by atoms with Crippen molar-refractivity contribution in [1.29, 1.82) is 0 Å². The highest BCUT2D eigenvalue weighted by Crippen LogP contribution is 2.06. The number of amidine groups is 1. The van der Waals surface area contributed by atoms with Gasteiger partial charge in [0.15, 0.2) is 19.6 Å². The molecule has 17 heavy (non-hydrogen) atoms. The quantitative estimate of drug-likeness (QED) is 0.257. The van der Waals surface area contributed by atoms with E-state index in [1.165, 1.54) is 41.8 Å². The van der Waals surface area contributed by atoms with Crippen LogP contribution in [0.2, 0.25) is 10.3 Å². The second-order valence-electron chi connectivity index (χ2n) is 2.27. The summed E-state index contributed by atoms with van der Waals surface area (Å²) in [7, 11) is 5.03. The molecule has 0 aromatic carbocycles. The van der Waals surface area contributed by atoms with Gasteiger partial charge in [-0.1, -0.05) is 23.2 Å². The van der Waals surface area contributed by atoms with Gasteiger partial charge in [0, 0.05) is 21.1 Å². The Morgan fingerprint density at radius 3 is 2.12 bits per heavy atom. The van der Waals surface area contributed by atoms with Crippen LogP contribution >= 0.6 is 76.6 Å². The van der Waals surface area contributed by atoms with Gasteiger partial charge in [-0.05, 0) is 32.3 Å². The maximum Gasteiger partial charge on any atom is 0.244 e. The van der Waals surface area contributed by atoms with Gasteiger partial charge < -0.3 is 0 Å². The minimum Gasteiger partial charge on any atom is -0.202 e. The zero-order chi connectivity index (χ0) is 12.3. The summed E-state index contributed by atoms with van der Waals surface area (Å²) < 4.78 is 8.69. The molecule has 2 heterocycles. The molecule has 0 aliphatic rings. The summed E-state index contributed by atoms with van der Waals surface area (Å²) in [4.78, 5) is 3.95. The van der Waals surface area contributed by atoms with E-state index in [1.807, 2.05) is 0 Å². The molecule has 0 unspecified atom stereocenters. The van der Waals surface area contributed by atoms with Gasteiger partial charge >= 0.3 is 0 Å². The monoisotopic (exact) mass is 363 g/mol. The first-order valence-electron chi connectivity index (χ1n) is 3.72. The zero-order valence-electron chi connectivity index (χ0n) is 7.50. The van der Waals surface area contributed by atoms with Crippen molar-refractivity contribution in [2.24, 2.45) is 15.2 Å². The summed E-state index contributed by atoms with van der Waals surface area (Å²) in [5, 5.41) is 8.07. The highest BCUT2D eigenvalue weighted by molar-refractivity contribution is 7.66. The van der Waals surface area contributed by atoms with Crippen molar-refractivity contribution in [2.75, 3.05) is 0 Å². The summed E-state index contributed by atoms with van der Waals surface area (Å²) in [5.41, 5.74) is 0. The molecule has 0 aliphatic carbocycles. The molecule has 0 radical (unpaired) electrons. The first-order valence-corrected chi connectivity index (χ1v) is 9.06. The molecule has 0 bridgehead atoms. The van der Waals surface area contributed by atoms with Crippen LogP contribution in [0.4, 0.5) is 0 Å². The van der Waals surface area contributed by atoms with Crippen molar-refractivity contribution in [3.63, 3.8) is 0 Å². The van der Waals surface area contributed by atoms with Crippen molar-refractivity contribution >= 4 is 81.9 Å². The molecule has 0 N–H and O–H groups in total. The van der Waals surface area contributed by atoms with E-state index in [9.17, 15) is 0 Å². The van der Waals surface area contributed by atoms with Crippen molar-refractivity contribution < 1.29 is 0 Å². The van der Waals surface area contributed by atoms with E-state index >= 15 is 0 Å². The van der Waals surface area contributed by atoms with Crippen LogP contribution in [0.15, 0.2) is 15.2 Å². The Kier molecular flexibility index (Phi) is 5.03. The van der Waals surface area contributed by atoms with Gasteiger partial charge in [0.1, 0.15) is 0 Å². The standard InChI is InChI=1S/C5Cl3N5S4/c6-1-3(14-16-12-1)9-5(8)11-10-4-2(7)13-17-15-4/b9-3+,10-4+,11-5+. The van der Waals surface area contributed by atoms with Crippen LogP contribution in [0, 0.1) is 0 Å². The number of halogens is 3. The largest absolute Gasteiger partial charge is 0.244 e. The van der Waals surface area contributed by atoms with E-state index in [2.05, 4.69) is 23.9 Å². The summed E-state index contributed by atoms with van der Waals surface area (Å²) >= 11 is 17.3. The second-order valence-corrected chi connectivity index (χ2v) is 6.99. The molecule has 0 saturated heterocycles. The number of nitrogens with zero attached hydrogens (tertiary/aromatic N) is 5. The van der Waals surface area contributed by atoms with Gasteiger partial charge in [-0.15, -0.1) is 10.2 Å². The molecule has 0 atom stereocenters. The molecule has 0 saturated carbocycles. The molecule has 90 valence electrons. The minimum absolute atomic E-state index is 0.0437. The average molecular weight is 365 g/mol. The normalized spacial score (nSPS) is 14.6. The van der Waals surface area contributed by atoms with E-state index in [1.54, 1.807) is 0 Å². The van der Waals surface area contributed by atoms with Crippen LogP contribution in [0.25, 0.3) is 0 Å². The highest BCUT2D eigenvalue weighted by Gasteiger charge is 1.99. The van der Waals surface area contributed by atoms with Crippen LogP contribution in [0.3, 0.4) is 0 Å². The fraction of sp³-hybridized carbons (Fsp3) is 0. The van der Waals surface area contributed by atoms with E-state index < -0.39 is 0 Å². The summed E-state index contributed by atoms with van der Waals surface area (Å²) in [6.07, 6.45) is 0. The molecular formula is C5Cl3N5S4. The van der Waals surface area contributed by atoms with Crippen LogP contribution in [0.5, 0.6) is 0 Å². The average Bonchev–Trinajstić information content (AvgIpc) is 2.86. The number of rotatable bonds is 1. The molecule has 0 amide bonds.